The highest BCUT2D eigenvalue weighted by Gasteiger charge is 2.11. The van der Waals surface area contributed by atoms with Gasteiger partial charge in [-0.1, -0.05) is 60.2 Å². The molecule has 0 amide bonds. The molecule has 3 aromatic carbocycles. The number of hydrogen-bond donors (Lipinski definition) is 2. The van der Waals surface area contributed by atoms with Crippen molar-refractivity contribution >= 4 is 46.1 Å². The van der Waals surface area contributed by atoms with Crippen LogP contribution in [0, 0.1) is 10.5 Å². The summed E-state index contributed by atoms with van der Waals surface area (Å²) >= 11 is 7.51. The second kappa shape index (κ2) is 11.7. The first-order valence-electron chi connectivity index (χ1n) is 9.72. The highest BCUT2D eigenvalue weighted by molar-refractivity contribution is 14.1. The third-order valence-electron chi connectivity index (χ3n) is 4.43. The Hall–Kier alpha value is -2.65. The van der Waals surface area contributed by atoms with E-state index in [1.165, 1.54) is 5.56 Å². The molecule has 160 valence electrons. The van der Waals surface area contributed by atoms with Crippen LogP contribution < -0.4 is 20.2 Å². The van der Waals surface area contributed by atoms with E-state index in [0.717, 1.165) is 20.3 Å². The van der Waals surface area contributed by atoms with Crippen LogP contribution in [0.3, 0.4) is 0 Å². The monoisotopic (exact) mass is 545 g/mol. The van der Waals surface area contributed by atoms with Crippen LogP contribution in [-0.4, -0.2) is 18.4 Å². The number of methoxy groups -OCH3 is 1. The second-order valence-electron chi connectivity index (χ2n) is 6.85. The van der Waals surface area contributed by atoms with E-state index < -0.39 is 0 Å². The van der Waals surface area contributed by atoms with Gasteiger partial charge in [-0.3, -0.25) is 5.43 Å². The van der Waals surface area contributed by atoms with Crippen molar-refractivity contribution in [2.24, 2.45) is 5.10 Å². The smallest absolute Gasteiger partial charge is 0.187 e. The number of nitrogens with zero attached hydrogens (tertiary/aromatic N) is 1. The van der Waals surface area contributed by atoms with Gasteiger partial charge in [0.05, 0.1) is 16.9 Å². The highest BCUT2D eigenvalue weighted by Crippen LogP contribution is 2.34. The van der Waals surface area contributed by atoms with Gasteiger partial charge in [-0.05, 0) is 70.6 Å². The molecule has 0 unspecified atom stereocenters. The molecule has 5 nitrogen and oxygen atoms in total. The van der Waals surface area contributed by atoms with Gasteiger partial charge in [0.1, 0.15) is 6.61 Å². The molecule has 0 saturated heterocycles. The summed E-state index contributed by atoms with van der Waals surface area (Å²) < 4.78 is 12.5. The Kier molecular flexibility index (Phi) is 8.66. The molecule has 0 spiro atoms. The molecule has 0 aliphatic heterocycles. The predicted octanol–water partition coefficient (Wildman–Crippen LogP) is 5.19. The first-order valence-corrected chi connectivity index (χ1v) is 11.2. The number of thiocarbonyl (C=S) groups is 1. The van der Waals surface area contributed by atoms with E-state index in [4.69, 9.17) is 21.7 Å². The summed E-state index contributed by atoms with van der Waals surface area (Å²) in [6.07, 6.45) is 1.70. The highest BCUT2D eigenvalue weighted by atomic mass is 127. The number of nitrogens with one attached hydrogen (secondary N) is 2. The van der Waals surface area contributed by atoms with Crippen LogP contribution in [0.4, 0.5) is 0 Å². The lowest BCUT2D eigenvalue weighted by Crippen LogP contribution is -2.31. The number of aryl methyl sites for hydroxylation is 1. The van der Waals surface area contributed by atoms with Gasteiger partial charge in [0.15, 0.2) is 16.6 Å². The Morgan fingerprint density at radius 2 is 1.81 bits per heavy atom. The predicted molar refractivity (Wildman–Crippen MR) is 138 cm³/mol. The Labute approximate surface area is 202 Å². The maximum absolute atomic E-state index is 6.03. The average Bonchev–Trinajstić information content (AvgIpc) is 2.78. The Morgan fingerprint density at radius 3 is 2.52 bits per heavy atom. The fourth-order valence-corrected chi connectivity index (χ4v) is 3.68. The Morgan fingerprint density at radius 1 is 1.06 bits per heavy atom. The van der Waals surface area contributed by atoms with E-state index >= 15 is 0 Å². The summed E-state index contributed by atoms with van der Waals surface area (Å²) in [5.74, 6) is 1.37. The summed E-state index contributed by atoms with van der Waals surface area (Å²) in [4.78, 5) is 0. The standard InChI is InChI=1S/C24H24IN3O2S/c1-17-8-10-19(11-9-17)16-30-23-21(25)12-20(13-22(23)29-2)15-27-28-24(31)26-14-18-6-4-3-5-7-18/h3-13,15H,14,16H2,1-2H3,(H2,26,28,31)/b27-15+. The molecule has 0 aromatic heterocycles. The Balaban J connectivity index is 1.58. The van der Waals surface area contributed by atoms with E-state index in [2.05, 4.69) is 69.6 Å². The molecule has 7 heteroatoms. The number of hydrogen-bond acceptors (Lipinski definition) is 4. The molecular weight excluding hydrogens is 521 g/mol. The zero-order chi connectivity index (χ0) is 22.1. The summed E-state index contributed by atoms with van der Waals surface area (Å²) in [5, 5.41) is 7.81. The van der Waals surface area contributed by atoms with E-state index in [-0.39, 0.29) is 0 Å². The van der Waals surface area contributed by atoms with Gasteiger partial charge in [0.2, 0.25) is 0 Å². The Bertz CT molecular complexity index is 1040. The van der Waals surface area contributed by atoms with Crippen LogP contribution in [0.1, 0.15) is 22.3 Å². The number of halogens is 1. The fraction of sp³-hybridized carbons (Fsp3) is 0.167. The quantitative estimate of drug-likeness (QED) is 0.177. The zero-order valence-electron chi connectivity index (χ0n) is 17.4. The lowest BCUT2D eigenvalue weighted by atomic mass is 10.2. The molecular formula is C24H24IN3O2S. The van der Waals surface area contributed by atoms with E-state index in [0.29, 0.717) is 29.8 Å². The fourth-order valence-electron chi connectivity index (χ4n) is 2.78. The second-order valence-corrected chi connectivity index (χ2v) is 8.42. The lowest BCUT2D eigenvalue weighted by Gasteiger charge is -2.14. The van der Waals surface area contributed by atoms with Gasteiger partial charge in [0.25, 0.3) is 0 Å². The molecule has 3 rings (SSSR count). The maximum Gasteiger partial charge on any atom is 0.187 e. The van der Waals surface area contributed by atoms with Crippen molar-refractivity contribution < 1.29 is 9.47 Å². The summed E-state index contributed by atoms with van der Waals surface area (Å²) in [6.45, 7) is 3.18. The normalized spacial score (nSPS) is 10.7. The largest absolute Gasteiger partial charge is 0.493 e. The molecule has 0 atom stereocenters. The molecule has 0 aliphatic rings. The van der Waals surface area contributed by atoms with Crippen molar-refractivity contribution in [3.8, 4) is 11.5 Å². The van der Waals surface area contributed by atoms with E-state index in [1.807, 2.05) is 42.5 Å². The molecule has 0 aliphatic carbocycles. The van der Waals surface area contributed by atoms with Crippen molar-refractivity contribution in [1.29, 1.82) is 0 Å². The van der Waals surface area contributed by atoms with Gasteiger partial charge in [-0.15, -0.1) is 0 Å². The van der Waals surface area contributed by atoms with E-state index in [1.54, 1.807) is 13.3 Å². The zero-order valence-corrected chi connectivity index (χ0v) is 20.4. The molecule has 0 bridgehead atoms. The van der Waals surface area contributed by atoms with Crippen LogP contribution in [0.5, 0.6) is 11.5 Å². The molecule has 31 heavy (non-hydrogen) atoms. The van der Waals surface area contributed by atoms with Crippen molar-refractivity contribution in [1.82, 2.24) is 10.7 Å². The van der Waals surface area contributed by atoms with Crippen LogP contribution >= 0.6 is 34.8 Å². The van der Waals surface area contributed by atoms with Crippen LogP contribution in [0.25, 0.3) is 0 Å². The van der Waals surface area contributed by atoms with Gasteiger partial charge < -0.3 is 14.8 Å². The SMILES string of the molecule is COc1cc(/C=N/NC(=S)NCc2ccccc2)cc(I)c1OCc1ccc(C)cc1. The molecule has 3 aromatic rings. The van der Waals surface area contributed by atoms with Crippen molar-refractivity contribution in [3.05, 3.63) is 92.6 Å². The number of rotatable bonds is 8. The molecule has 0 saturated carbocycles. The van der Waals surface area contributed by atoms with Crippen LogP contribution in [0.2, 0.25) is 0 Å². The van der Waals surface area contributed by atoms with Gasteiger partial charge >= 0.3 is 0 Å². The molecule has 2 N–H and O–H groups in total. The number of hydrazone groups is 1. The van der Waals surface area contributed by atoms with Gasteiger partial charge in [0, 0.05) is 6.54 Å². The third-order valence-corrected chi connectivity index (χ3v) is 5.47. The topological polar surface area (TPSA) is 54.9 Å². The lowest BCUT2D eigenvalue weighted by molar-refractivity contribution is 0.282. The van der Waals surface area contributed by atoms with E-state index in [9.17, 15) is 0 Å². The first kappa shape index (κ1) is 23.0. The van der Waals surface area contributed by atoms with Crippen molar-refractivity contribution in [2.75, 3.05) is 7.11 Å². The molecule has 0 radical (unpaired) electrons. The summed E-state index contributed by atoms with van der Waals surface area (Å²) in [5.41, 5.74) is 7.20. The third kappa shape index (κ3) is 7.22. The summed E-state index contributed by atoms with van der Waals surface area (Å²) in [6, 6.07) is 22.2. The van der Waals surface area contributed by atoms with Crippen LogP contribution in [-0.2, 0) is 13.2 Å². The van der Waals surface area contributed by atoms with Gasteiger partial charge in [-0.2, -0.15) is 5.10 Å². The number of ether oxygens (including phenoxy) is 2. The van der Waals surface area contributed by atoms with Crippen molar-refractivity contribution in [2.45, 2.75) is 20.1 Å². The molecule has 0 heterocycles. The minimum atomic E-state index is 0.458. The average molecular weight is 545 g/mol. The minimum Gasteiger partial charge on any atom is -0.493 e. The van der Waals surface area contributed by atoms with Crippen molar-refractivity contribution in [3.63, 3.8) is 0 Å². The maximum atomic E-state index is 6.03. The first-order chi connectivity index (χ1) is 15.0. The van der Waals surface area contributed by atoms with Gasteiger partial charge in [-0.25, -0.2) is 0 Å². The molecule has 0 fully saturated rings. The summed E-state index contributed by atoms with van der Waals surface area (Å²) in [7, 11) is 1.63. The minimum absolute atomic E-state index is 0.458. The van der Waals surface area contributed by atoms with Crippen LogP contribution in [0.15, 0.2) is 71.8 Å². The number of benzene rings is 3.